The van der Waals surface area contributed by atoms with Gasteiger partial charge in [-0.1, -0.05) is 19.1 Å². The number of benzene rings is 1. The standard InChI is InChI=1S/C14H24N2O3S/c1-5-13-7-6-12(9-15)8-14(13)20(17,18)16(3)11(2)10-19-4/h6-8,11H,5,9-10,15H2,1-4H3. The van der Waals surface area contributed by atoms with Gasteiger partial charge in [-0.3, -0.25) is 0 Å². The van der Waals surface area contributed by atoms with Gasteiger partial charge in [-0.05, 0) is 30.5 Å². The number of sulfonamides is 1. The Hall–Kier alpha value is -0.950. The Bertz CT molecular complexity index is 543. The van der Waals surface area contributed by atoms with Crippen LogP contribution in [0, 0.1) is 0 Å². The Morgan fingerprint density at radius 1 is 1.40 bits per heavy atom. The van der Waals surface area contributed by atoms with E-state index in [-0.39, 0.29) is 6.04 Å². The van der Waals surface area contributed by atoms with Crippen molar-refractivity contribution in [1.29, 1.82) is 0 Å². The lowest BCUT2D eigenvalue weighted by Crippen LogP contribution is -2.38. The van der Waals surface area contributed by atoms with E-state index in [1.165, 1.54) is 4.31 Å². The van der Waals surface area contributed by atoms with Gasteiger partial charge in [-0.25, -0.2) is 8.42 Å². The quantitative estimate of drug-likeness (QED) is 0.825. The van der Waals surface area contributed by atoms with Crippen molar-refractivity contribution in [3.8, 4) is 0 Å². The molecule has 20 heavy (non-hydrogen) atoms. The van der Waals surface area contributed by atoms with E-state index in [1.54, 1.807) is 20.2 Å². The number of nitrogens with two attached hydrogens (primary N) is 1. The third-order valence-corrected chi connectivity index (χ3v) is 5.49. The molecule has 0 fully saturated rings. The van der Waals surface area contributed by atoms with Gasteiger partial charge in [-0.15, -0.1) is 0 Å². The molecule has 0 heterocycles. The molecule has 6 heteroatoms. The first-order valence-electron chi connectivity index (χ1n) is 6.67. The van der Waals surface area contributed by atoms with Crippen LogP contribution in [0.25, 0.3) is 0 Å². The van der Waals surface area contributed by atoms with E-state index in [4.69, 9.17) is 10.5 Å². The first-order chi connectivity index (χ1) is 9.38. The summed E-state index contributed by atoms with van der Waals surface area (Å²) in [5.41, 5.74) is 7.23. The summed E-state index contributed by atoms with van der Waals surface area (Å²) >= 11 is 0. The van der Waals surface area contributed by atoms with Crippen LogP contribution >= 0.6 is 0 Å². The van der Waals surface area contributed by atoms with E-state index in [1.807, 2.05) is 26.0 Å². The number of aryl methyl sites for hydroxylation is 1. The molecule has 5 nitrogen and oxygen atoms in total. The van der Waals surface area contributed by atoms with Crippen molar-refractivity contribution < 1.29 is 13.2 Å². The number of likely N-dealkylation sites (N-methyl/N-ethyl adjacent to an activating group) is 1. The zero-order valence-electron chi connectivity index (χ0n) is 12.6. The number of rotatable bonds is 7. The van der Waals surface area contributed by atoms with Crippen LogP contribution in [0.3, 0.4) is 0 Å². The second-order valence-electron chi connectivity index (χ2n) is 4.83. The molecule has 0 radical (unpaired) electrons. The van der Waals surface area contributed by atoms with Gasteiger partial charge < -0.3 is 10.5 Å². The molecule has 0 saturated heterocycles. The van der Waals surface area contributed by atoms with Gasteiger partial charge in [0.05, 0.1) is 11.5 Å². The second-order valence-corrected chi connectivity index (χ2v) is 6.79. The topological polar surface area (TPSA) is 72.6 Å². The third kappa shape index (κ3) is 3.58. The SMILES string of the molecule is CCc1ccc(CN)cc1S(=O)(=O)N(C)C(C)COC. The molecule has 1 aromatic carbocycles. The number of methoxy groups -OCH3 is 1. The fourth-order valence-electron chi connectivity index (χ4n) is 2.00. The van der Waals surface area contributed by atoms with E-state index in [0.29, 0.717) is 24.5 Å². The van der Waals surface area contributed by atoms with Gasteiger partial charge in [0.25, 0.3) is 0 Å². The van der Waals surface area contributed by atoms with Gasteiger partial charge in [0.1, 0.15) is 0 Å². The molecular weight excluding hydrogens is 276 g/mol. The Morgan fingerprint density at radius 2 is 2.05 bits per heavy atom. The highest BCUT2D eigenvalue weighted by Gasteiger charge is 2.27. The summed E-state index contributed by atoms with van der Waals surface area (Å²) in [6.45, 7) is 4.44. The molecule has 0 bridgehead atoms. The normalized spacial score (nSPS) is 13.7. The van der Waals surface area contributed by atoms with Crippen molar-refractivity contribution in [2.45, 2.75) is 37.8 Å². The predicted molar refractivity (Wildman–Crippen MR) is 80.0 cm³/mol. The van der Waals surface area contributed by atoms with Gasteiger partial charge >= 0.3 is 0 Å². The summed E-state index contributed by atoms with van der Waals surface area (Å²) in [6.07, 6.45) is 0.659. The molecule has 2 N–H and O–H groups in total. The zero-order chi connectivity index (χ0) is 15.3. The molecule has 0 aliphatic heterocycles. The Balaban J connectivity index is 3.26. The smallest absolute Gasteiger partial charge is 0.243 e. The van der Waals surface area contributed by atoms with E-state index in [9.17, 15) is 8.42 Å². The average Bonchev–Trinajstić information content (AvgIpc) is 2.45. The number of hydrogen-bond acceptors (Lipinski definition) is 4. The molecule has 0 amide bonds. The fourth-order valence-corrected chi connectivity index (χ4v) is 3.69. The van der Waals surface area contributed by atoms with Crippen molar-refractivity contribution in [2.75, 3.05) is 20.8 Å². The van der Waals surface area contributed by atoms with E-state index in [0.717, 1.165) is 11.1 Å². The molecule has 0 spiro atoms. The highest BCUT2D eigenvalue weighted by atomic mass is 32.2. The molecule has 0 aromatic heterocycles. The maximum atomic E-state index is 12.7. The lowest BCUT2D eigenvalue weighted by Gasteiger charge is -2.25. The van der Waals surface area contributed by atoms with Crippen LogP contribution in [-0.2, 0) is 27.7 Å². The van der Waals surface area contributed by atoms with Crippen molar-refractivity contribution in [3.63, 3.8) is 0 Å². The lowest BCUT2D eigenvalue weighted by molar-refractivity contribution is 0.149. The molecular formula is C14H24N2O3S. The molecule has 1 atom stereocenters. The molecule has 0 aliphatic rings. The van der Waals surface area contributed by atoms with Crippen LogP contribution in [0.2, 0.25) is 0 Å². The summed E-state index contributed by atoms with van der Waals surface area (Å²) in [4.78, 5) is 0.341. The minimum absolute atomic E-state index is 0.226. The maximum Gasteiger partial charge on any atom is 0.243 e. The first kappa shape index (κ1) is 17.1. The highest BCUT2D eigenvalue weighted by molar-refractivity contribution is 7.89. The zero-order valence-corrected chi connectivity index (χ0v) is 13.4. The van der Waals surface area contributed by atoms with Crippen LogP contribution in [0.1, 0.15) is 25.0 Å². The Kier molecular flexibility index (Phi) is 6.13. The summed E-state index contributed by atoms with van der Waals surface area (Å²) in [7, 11) is -0.402. The first-order valence-corrected chi connectivity index (χ1v) is 8.11. The Labute approximate surface area is 121 Å². The minimum atomic E-state index is -3.54. The number of nitrogens with zero attached hydrogens (tertiary/aromatic N) is 1. The van der Waals surface area contributed by atoms with Crippen LogP contribution in [-0.4, -0.2) is 39.5 Å². The van der Waals surface area contributed by atoms with Gasteiger partial charge in [-0.2, -0.15) is 4.31 Å². The van der Waals surface area contributed by atoms with Crippen molar-refractivity contribution in [3.05, 3.63) is 29.3 Å². The molecule has 1 unspecified atom stereocenters. The van der Waals surface area contributed by atoms with Gasteiger partial charge in [0.15, 0.2) is 0 Å². The van der Waals surface area contributed by atoms with Crippen molar-refractivity contribution in [2.24, 2.45) is 5.73 Å². The van der Waals surface area contributed by atoms with Gasteiger partial charge in [0, 0.05) is 26.7 Å². The number of hydrogen-bond donors (Lipinski definition) is 1. The highest BCUT2D eigenvalue weighted by Crippen LogP contribution is 2.23. The van der Waals surface area contributed by atoms with Crippen LogP contribution in [0.4, 0.5) is 0 Å². The predicted octanol–water partition coefficient (Wildman–Crippen LogP) is 1.36. The van der Waals surface area contributed by atoms with Crippen LogP contribution < -0.4 is 5.73 Å². The van der Waals surface area contributed by atoms with Crippen molar-refractivity contribution >= 4 is 10.0 Å². The summed E-state index contributed by atoms with van der Waals surface area (Å²) in [5.74, 6) is 0. The van der Waals surface area contributed by atoms with E-state index in [2.05, 4.69) is 0 Å². The van der Waals surface area contributed by atoms with E-state index >= 15 is 0 Å². The fraction of sp³-hybridized carbons (Fsp3) is 0.571. The molecule has 0 saturated carbocycles. The monoisotopic (exact) mass is 300 g/mol. The summed E-state index contributed by atoms with van der Waals surface area (Å²) < 4.78 is 31.8. The maximum absolute atomic E-state index is 12.7. The van der Waals surface area contributed by atoms with E-state index < -0.39 is 10.0 Å². The summed E-state index contributed by atoms with van der Waals surface area (Å²) in [5, 5.41) is 0. The largest absolute Gasteiger partial charge is 0.383 e. The van der Waals surface area contributed by atoms with Crippen LogP contribution in [0.15, 0.2) is 23.1 Å². The number of ether oxygens (including phenoxy) is 1. The van der Waals surface area contributed by atoms with Crippen molar-refractivity contribution in [1.82, 2.24) is 4.31 Å². The molecule has 1 rings (SSSR count). The molecule has 1 aromatic rings. The lowest BCUT2D eigenvalue weighted by atomic mass is 10.1. The average molecular weight is 300 g/mol. The van der Waals surface area contributed by atoms with Gasteiger partial charge in [0.2, 0.25) is 10.0 Å². The third-order valence-electron chi connectivity index (χ3n) is 3.43. The second kappa shape index (κ2) is 7.17. The minimum Gasteiger partial charge on any atom is -0.383 e. The van der Waals surface area contributed by atoms with Crippen LogP contribution in [0.5, 0.6) is 0 Å². The Morgan fingerprint density at radius 3 is 2.55 bits per heavy atom. The molecule has 0 aliphatic carbocycles. The summed E-state index contributed by atoms with van der Waals surface area (Å²) in [6, 6.07) is 5.15. The molecule has 114 valence electrons.